The number of aryl methyl sites for hydroxylation is 1. The topological polar surface area (TPSA) is 44.8 Å². The molecule has 1 heterocycles. The molecule has 5 heteroatoms. The van der Waals surface area contributed by atoms with E-state index in [0.717, 1.165) is 56.0 Å². The second kappa shape index (κ2) is 9.78. The molecule has 1 saturated heterocycles. The van der Waals surface area contributed by atoms with Crippen LogP contribution in [0.3, 0.4) is 0 Å². The second-order valence-electron chi connectivity index (χ2n) is 7.33. The molecule has 5 nitrogen and oxygen atoms in total. The first-order valence-electron chi connectivity index (χ1n) is 9.36. The lowest BCUT2D eigenvalue weighted by molar-refractivity contribution is -0.123. The van der Waals surface area contributed by atoms with Crippen LogP contribution >= 0.6 is 0 Å². The van der Waals surface area contributed by atoms with Crippen LogP contribution in [0.25, 0.3) is 0 Å². The van der Waals surface area contributed by atoms with Crippen LogP contribution in [0.4, 0.5) is 0 Å². The Labute approximate surface area is 152 Å². The number of piperazine rings is 1. The second-order valence-corrected chi connectivity index (χ2v) is 7.33. The van der Waals surface area contributed by atoms with Gasteiger partial charge in [0, 0.05) is 32.7 Å². The summed E-state index contributed by atoms with van der Waals surface area (Å²) in [6, 6.07) is 6.18. The van der Waals surface area contributed by atoms with E-state index in [0.29, 0.717) is 12.5 Å². The van der Waals surface area contributed by atoms with Crippen molar-refractivity contribution >= 4 is 5.91 Å². The maximum absolute atomic E-state index is 12.0. The molecule has 0 saturated carbocycles. The number of hydrogen-bond acceptors (Lipinski definition) is 4. The van der Waals surface area contributed by atoms with Crippen molar-refractivity contribution in [1.29, 1.82) is 0 Å². The van der Waals surface area contributed by atoms with E-state index >= 15 is 0 Å². The molecule has 0 aromatic heterocycles. The van der Waals surface area contributed by atoms with E-state index in [1.54, 1.807) is 0 Å². The van der Waals surface area contributed by atoms with E-state index in [4.69, 9.17) is 4.74 Å². The number of rotatable bonds is 8. The number of likely N-dealkylation sites (N-methyl/N-ethyl adjacent to an activating group) is 1. The normalized spacial score (nSPS) is 16.2. The summed E-state index contributed by atoms with van der Waals surface area (Å²) in [6.45, 7) is 12.7. The fourth-order valence-corrected chi connectivity index (χ4v) is 3.04. The van der Waals surface area contributed by atoms with Crippen molar-refractivity contribution in [3.8, 4) is 5.75 Å². The van der Waals surface area contributed by atoms with Crippen molar-refractivity contribution in [2.45, 2.75) is 33.1 Å². The number of ether oxygens (including phenoxy) is 1. The number of carbonyl (C=O) groups excluding carboxylic acids is 1. The molecule has 1 aromatic carbocycles. The highest BCUT2D eigenvalue weighted by Crippen LogP contribution is 2.27. The molecular weight excluding hydrogens is 314 g/mol. The molecular formula is C20H33N3O2. The molecule has 1 amide bonds. The van der Waals surface area contributed by atoms with Gasteiger partial charge in [0.15, 0.2) is 6.61 Å². The van der Waals surface area contributed by atoms with Gasteiger partial charge in [-0.3, -0.25) is 4.79 Å². The molecule has 1 aliphatic rings. The van der Waals surface area contributed by atoms with E-state index in [1.807, 2.05) is 13.0 Å². The van der Waals surface area contributed by atoms with E-state index < -0.39 is 0 Å². The van der Waals surface area contributed by atoms with Crippen molar-refractivity contribution in [3.05, 3.63) is 29.3 Å². The van der Waals surface area contributed by atoms with E-state index in [9.17, 15) is 4.79 Å². The highest BCUT2D eigenvalue weighted by Gasteiger charge is 2.13. The van der Waals surface area contributed by atoms with E-state index in [-0.39, 0.29) is 12.5 Å². The number of hydrogen-bond donors (Lipinski definition) is 1. The third-order valence-corrected chi connectivity index (χ3v) is 4.72. The maximum Gasteiger partial charge on any atom is 0.257 e. The molecule has 0 unspecified atom stereocenters. The molecule has 2 rings (SSSR count). The molecule has 1 aromatic rings. The smallest absolute Gasteiger partial charge is 0.257 e. The summed E-state index contributed by atoms with van der Waals surface area (Å²) in [7, 11) is 2.16. The third-order valence-electron chi connectivity index (χ3n) is 4.72. The van der Waals surface area contributed by atoms with Crippen LogP contribution in [0.2, 0.25) is 0 Å². The molecule has 1 aliphatic heterocycles. The average Bonchev–Trinajstić information content (AvgIpc) is 2.58. The van der Waals surface area contributed by atoms with E-state index in [2.05, 4.69) is 48.1 Å². The lowest BCUT2D eigenvalue weighted by atomic mass is 10.0. The molecule has 0 spiro atoms. The van der Waals surface area contributed by atoms with Crippen molar-refractivity contribution in [2.75, 3.05) is 52.9 Å². The quantitative estimate of drug-likeness (QED) is 0.733. The van der Waals surface area contributed by atoms with Gasteiger partial charge in [0.25, 0.3) is 5.91 Å². The van der Waals surface area contributed by atoms with E-state index in [1.165, 1.54) is 0 Å². The number of amides is 1. The molecule has 1 fully saturated rings. The Kier molecular flexibility index (Phi) is 7.72. The Morgan fingerprint density at radius 1 is 1.24 bits per heavy atom. The lowest BCUT2D eigenvalue weighted by Gasteiger charge is -2.32. The van der Waals surface area contributed by atoms with Gasteiger partial charge in [0.2, 0.25) is 0 Å². The number of carbonyl (C=O) groups is 1. The van der Waals surface area contributed by atoms with Gasteiger partial charge in [-0.15, -0.1) is 0 Å². The van der Waals surface area contributed by atoms with Crippen molar-refractivity contribution in [1.82, 2.24) is 15.1 Å². The first-order chi connectivity index (χ1) is 12.0. The zero-order chi connectivity index (χ0) is 18.2. The minimum Gasteiger partial charge on any atom is -0.483 e. The third kappa shape index (κ3) is 6.67. The van der Waals surface area contributed by atoms with Crippen molar-refractivity contribution in [2.24, 2.45) is 0 Å². The van der Waals surface area contributed by atoms with Crippen molar-refractivity contribution in [3.63, 3.8) is 0 Å². The Balaban J connectivity index is 1.66. The van der Waals surface area contributed by atoms with Crippen LogP contribution in [0.5, 0.6) is 5.75 Å². The lowest BCUT2D eigenvalue weighted by Crippen LogP contribution is -2.45. The summed E-state index contributed by atoms with van der Waals surface area (Å²) in [5, 5.41) is 2.96. The number of nitrogens with one attached hydrogen (secondary N) is 1. The minimum absolute atomic E-state index is 0.0467. The van der Waals surface area contributed by atoms with Crippen LogP contribution in [-0.4, -0.2) is 68.6 Å². The zero-order valence-electron chi connectivity index (χ0n) is 16.2. The zero-order valence-corrected chi connectivity index (χ0v) is 16.2. The summed E-state index contributed by atoms with van der Waals surface area (Å²) in [5.74, 6) is 1.15. The van der Waals surface area contributed by atoms with Gasteiger partial charge in [-0.2, -0.15) is 0 Å². The molecule has 1 N–H and O–H groups in total. The molecule has 25 heavy (non-hydrogen) atoms. The highest BCUT2D eigenvalue weighted by molar-refractivity contribution is 5.77. The van der Waals surface area contributed by atoms with Gasteiger partial charge in [-0.25, -0.2) is 0 Å². The molecule has 0 radical (unpaired) electrons. The summed E-state index contributed by atoms with van der Waals surface area (Å²) >= 11 is 0. The number of nitrogens with zero attached hydrogens (tertiary/aromatic N) is 2. The highest BCUT2D eigenvalue weighted by atomic mass is 16.5. The largest absolute Gasteiger partial charge is 0.483 e. The Bertz CT molecular complexity index is 552. The fourth-order valence-electron chi connectivity index (χ4n) is 3.04. The Hall–Kier alpha value is -1.59. The van der Waals surface area contributed by atoms with Crippen LogP contribution in [-0.2, 0) is 4.79 Å². The predicted molar refractivity (Wildman–Crippen MR) is 102 cm³/mol. The molecule has 0 aliphatic carbocycles. The first kappa shape index (κ1) is 19.7. The molecule has 0 atom stereocenters. The summed E-state index contributed by atoms with van der Waals surface area (Å²) in [5.41, 5.74) is 2.29. The van der Waals surface area contributed by atoms with Gasteiger partial charge >= 0.3 is 0 Å². The Morgan fingerprint density at radius 2 is 1.96 bits per heavy atom. The van der Waals surface area contributed by atoms with Crippen LogP contribution in [0.15, 0.2) is 18.2 Å². The Morgan fingerprint density at radius 3 is 2.64 bits per heavy atom. The average molecular weight is 348 g/mol. The monoisotopic (exact) mass is 347 g/mol. The van der Waals surface area contributed by atoms with Gasteiger partial charge in [0.05, 0.1) is 0 Å². The molecule has 0 bridgehead atoms. The molecule has 140 valence electrons. The summed E-state index contributed by atoms with van der Waals surface area (Å²) < 4.78 is 5.77. The van der Waals surface area contributed by atoms with Crippen LogP contribution in [0, 0.1) is 6.92 Å². The van der Waals surface area contributed by atoms with Crippen molar-refractivity contribution < 1.29 is 9.53 Å². The maximum atomic E-state index is 12.0. The van der Waals surface area contributed by atoms with Crippen LogP contribution < -0.4 is 10.1 Å². The standard InChI is InChI=1S/C20H33N3O2/c1-16(2)18-7-6-17(3)14-19(18)25-15-20(24)21-8-5-9-23-12-10-22(4)11-13-23/h6-7,14,16H,5,8-13,15H2,1-4H3,(H,21,24). The van der Waals surface area contributed by atoms with Gasteiger partial charge in [0.1, 0.15) is 5.75 Å². The summed E-state index contributed by atoms with van der Waals surface area (Å²) in [6.07, 6.45) is 0.983. The SMILES string of the molecule is Cc1ccc(C(C)C)c(OCC(=O)NCCCN2CCN(C)CC2)c1. The fraction of sp³-hybridized carbons (Fsp3) is 0.650. The first-order valence-corrected chi connectivity index (χ1v) is 9.36. The summed E-state index contributed by atoms with van der Waals surface area (Å²) in [4.78, 5) is 16.8. The van der Waals surface area contributed by atoms with Gasteiger partial charge < -0.3 is 19.9 Å². The minimum atomic E-state index is -0.0467. The van der Waals surface area contributed by atoms with Crippen LogP contribution in [0.1, 0.15) is 37.3 Å². The predicted octanol–water partition coefficient (Wildman–Crippen LogP) is 2.25. The van der Waals surface area contributed by atoms with Gasteiger partial charge in [-0.1, -0.05) is 26.0 Å². The van der Waals surface area contributed by atoms with Gasteiger partial charge in [-0.05, 0) is 50.0 Å². The number of benzene rings is 1.